The third-order valence-corrected chi connectivity index (χ3v) is 3.50. The predicted octanol–water partition coefficient (Wildman–Crippen LogP) is 1.99. The second-order valence-corrected chi connectivity index (χ2v) is 5.00. The normalized spacial score (nSPS) is 16.8. The van der Waals surface area contributed by atoms with E-state index in [0.717, 1.165) is 25.4 Å². The Labute approximate surface area is 107 Å². The Bertz CT molecular complexity index is 561. The van der Waals surface area contributed by atoms with Gasteiger partial charge in [0.1, 0.15) is 5.75 Å². The van der Waals surface area contributed by atoms with Gasteiger partial charge < -0.3 is 10.5 Å². The van der Waals surface area contributed by atoms with Crippen LogP contribution in [-0.4, -0.2) is 31.1 Å². The van der Waals surface area contributed by atoms with E-state index in [1.807, 2.05) is 6.07 Å². The van der Waals surface area contributed by atoms with Gasteiger partial charge in [-0.3, -0.25) is 4.90 Å². The molecular weight excluding hydrogens is 224 g/mol. The van der Waals surface area contributed by atoms with Crippen molar-refractivity contribution < 1.29 is 4.74 Å². The van der Waals surface area contributed by atoms with Gasteiger partial charge in [0.25, 0.3) is 0 Å². The van der Waals surface area contributed by atoms with E-state index in [1.54, 1.807) is 7.11 Å². The highest BCUT2D eigenvalue weighted by molar-refractivity contribution is 5.84. The number of rotatable bonds is 3. The van der Waals surface area contributed by atoms with Crippen LogP contribution in [0.25, 0.3) is 10.8 Å². The Morgan fingerprint density at radius 2 is 1.89 bits per heavy atom. The van der Waals surface area contributed by atoms with Crippen molar-refractivity contribution in [3.63, 3.8) is 0 Å². The van der Waals surface area contributed by atoms with Gasteiger partial charge in [-0.05, 0) is 34.5 Å². The molecule has 0 saturated carbocycles. The van der Waals surface area contributed by atoms with Gasteiger partial charge in [-0.25, -0.2) is 0 Å². The first-order chi connectivity index (χ1) is 8.74. The van der Waals surface area contributed by atoms with E-state index in [9.17, 15) is 0 Å². The van der Waals surface area contributed by atoms with Crippen molar-refractivity contribution >= 4 is 10.8 Å². The van der Waals surface area contributed by atoms with Crippen LogP contribution in [0.2, 0.25) is 0 Å². The van der Waals surface area contributed by atoms with Crippen LogP contribution in [0.3, 0.4) is 0 Å². The minimum atomic E-state index is 0.370. The molecule has 2 N–H and O–H groups in total. The number of methoxy groups -OCH3 is 1. The van der Waals surface area contributed by atoms with Gasteiger partial charge >= 0.3 is 0 Å². The van der Waals surface area contributed by atoms with Crippen LogP contribution in [0.4, 0.5) is 0 Å². The Morgan fingerprint density at radius 3 is 2.61 bits per heavy atom. The first-order valence-corrected chi connectivity index (χ1v) is 6.29. The van der Waals surface area contributed by atoms with Crippen LogP contribution in [0.1, 0.15) is 5.56 Å². The molecule has 0 bridgehead atoms. The third-order valence-electron chi connectivity index (χ3n) is 3.50. The lowest BCUT2D eigenvalue weighted by atomic mass is 10.0. The van der Waals surface area contributed by atoms with E-state index in [4.69, 9.17) is 10.5 Å². The zero-order valence-electron chi connectivity index (χ0n) is 10.6. The summed E-state index contributed by atoms with van der Waals surface area (Å²) in [5.74, 6) is 0.906. The highest BCUT2D eigenvalue weighted by Crippen LogP contribution is 2.23. The Balaban J connectivity index is 1.82. The fourth-order valence-corrected chi connectivity index (χ4v) is 2.50. The summed E-state index contributed by atoms with van der Waals surface area (Å²) in [5, 5.41) is 2.48. The molecule has 1 heterocycles. The van der Waals surface area contributed by atoms with E-state index >= 15 is 0 Å². The molecular formula is C15H18N2O. The number of fused-ring (bicyclic) bond motifs is 1. The fourth-order valence-electron chi connectivity index (χ4n) is 2.50. The standard InChI is InChI=1S/C15H18N2O/c1-18-15-5-4-12-6-11(2-3-13(12)7-15)8-17-9-14(16)10-17/h2-7,14H,8-10,16H2,1H3. The Hall–Kier alpha value is -1.58. The van der Waals surface area contributed by atoms with Crippen LogP contribution in [0.5, 0.6) is 5.75 Å². The maximum Gasteiger partial charge on any atom is 0.119 e. The summed E-state index contributed by atoms with van der Waals surface area (Å²) in [7, 11) is 1.70. The molecule has 0 atom stereocenters. The molecule has 0 aromatic heterocycles. The van der Waals surface area contributed by atoms with E-state index in [-0.39, 0.29) is 0 Å². The summed E-state index contributed by atoms with van der Waals surface area (Å²) in [4.78, 5) is 2.37. The Kier molecular flexibility index (Phi) is 2.94. The first kappa shape index (κ1) is 11.5. The summed E-state index contributed by atoms with van der Waals surface area (Å²) in [6, 6.07) is 13.1. The zero-order chi connectivity index (χ0) is 12.5. The van der Waals surface area contributed by atoms with Crippen LogP contribution in [0, 0.1) is 0 Å². The lowest BCUT2D eigenvalue weighted by Crippen LogP contribution is -2.54. The molecule has 0 unspecified atom stereocenters. The summed E-state index contributed by atoms with van der Waals surface area (Å²) in [6.07, 6.45) is 0. The third kappa shape index (κ3) is 2.19. The summed E-state index contributed by atoms with van der Waals surface area (Å²) >= 11 is 0. The number of likely N-dealkylation sites (tertiary alicyclic amines) is 1. The van der Waals surface area contributed by atoms with Crippen LogP contribution >= 0.6 is 0 Å². The molecule has 0 amide bonds. The van der Waals surface area contributed by atoms with E-state index < -0.39 is 0 Å². The zero-order valence-corrected chi connectivity index (χ0v) is 10.6. The van der Waals surface area contributed by atoms with Crippen molar-refractivity contribution in [3.8, 4) is 5.75 Å². The topological polar surface area (TPSA) is 38.5 Å². The molecule has 94 valence electrons. The Morgan fingerprint density at radius 1 is 1.17 bits per heavy atom. The molecule has 1 aliphatic rings. The fraction of sp³-hybridized carbons (Fsp3) is 0.333. The van der Waals surface area contributed by atoms with Gasteiger partial charge in [-0.1, -0.05) is 18.2 Å². The van der Waals surface area contributed by atoms with Gasteiger partial charge in [-0.15, -0.1) is 0 Å². The molecule has 18 heavy (non-hydrogen) atoms. The molecule has 1 aliphatic heterocycles. The van der Waals surface area contributed by atoms with Crippen molar-refractivity contribution in [2.75, 3.05) is 20.2 Å². The first-order valence-electron chi connectivity index (χ1n) is 6.29. The molecule has 0 radical (unpaired) electrons. The van der Waals surface area contributed by atoms with Gasteiger partial charge in [0, 0.05) is 25.7 Å². The van der Waals surface area contributed by atoms with Crippen molar-refractivity contribution in [3.05, 3.63) is 42.0 Å². The average Bonchev–Trinajstić information content (AvgIpc) is 2.36. The van der Waals surface area contributed by atoms with Gasteiger partial charge in [0.15, 0.2) is 0 Å². The van der Waals surface area contributed by atoms with Crippen LogP contribution in [-0.2, 0) is 6.54 Å². The largest absolute Gasteiger partial charge is 0.497 e. The number of benzene rings is 2. The van der Waals surface area contributed by atoms with Gasteiger partial charge in [0.05, 0.1) is 7.11 Å². The van der Waals surface area contributed by atoms with Crippen molar-refractivity contribution in [2.24, 2.45) is 5.73 Å². The number of nitrogens with zero attached hydrogens (tertiary/aromatic N) is 1. The number of hydrogen-bond acceptors (Lipinski definition) is 3. The molecule has 3 rings (SSSR count). The summed E-state index contributed by atoms with van der Waals surface area (Å²) in [6.45, 7) is 3.02. The van der Waals surface area contributed by atoms with E-state index in [0.29, 0.717) is 6.04 Å². The van der Waals surface area contributed by atoms with Crippen LogP contribution < -0.4 is 10.5 Å². The number of ether oxygens (including phenoxy) is 1. The van der Waals surface area contributed by atoms with Crippen molar-refractivity contribution in [2.45, 2.75) is 12.6 Å². The van der Waals surface area contributed by atoms with E-state index in [1.165, 1.54) is 16.3 Å². The molecule has 2 aromatic rings. The lowest BCUT2D eigenvalue weighted by Gasteiger charge is -2.36. The minimum absolute atomic E-state index is 0.370. The second kappa shape index (κ2) is 4.59. The predicted molar refractivity (Wildman–Crippen MR) is 73.8 cm³/mol. The summed E-state index contributed by atoms with van der Waals surface area (Å²) in [5.41, 5.74) is 7.14. The van der Waals surface area contributed by atoms with Gasteiger partial charge in [0.2, 0.25) is 0 Å². The SMILES string of the molecule is COc1ccc2cc(CN3CC(N)C3)ccc2c1. The quantitative estimate of drug-likeness (QED) is 0.894. The maximum absolute atomic E-state index is 5.79. The maximum atomic E-state index is 5.79. The number of hydrogen-bond donors (Lipinski definition) is 1. The second-order valence-electron chi connectivity index (χ2n) is 5.00. The molecule has 2 aromatic carbocycles. The van der Waals surface area contributed by atoms with Crippen molar-refractivity contribution in [1.29, 1.82) is 0 Å². The molecule has 1 fully saturated rings. The molecule has 1 saturated heterocycles. The minimum Gasteiger partial charge on any atom is -0.497 e. The smallest absolute Gasteiger partial charge is 0.119 e. The molecule has 3 nitrogen and oxygen atoms in total. The summed E-state index contributed by atoms with van der Waals surface area (Å²) < 4.78 is 5.23. The molecule has 3 heteroatoms. The highest BCUT2D eigenvalue weighted by Gasteiger charge is 2.22. The number of nitrogens with two attached hydrogens (primary N) is 1. The van der Waals surface area contributed by atoms with Gasteiger partial charge in [-0.2, -0.15) is 0 Å². The molecule has 0 aliphatic carbocycles. The van der Waals surface area contributed by atoms with E-state index in [2.05, 4.69) is 35.2 Å². The van der Waals surface area contributed by atoms with Crippen LogP contribution in [0.15, 0.2) is 36.4 Å². The molecule has 0 spiro atoms. The average molecular weight is 242 g/mol. The monoisotopic (exact) mass is 242 g/mol. The lowest BCUT2D eigenvalue weighted by molar-refractivity contribution is 0.142. The van der Waals surface area contributed by atoms with Crippen molar-refractivity contribution in [1.82, 2.24) is 4.90 Å². The highest BCUT2D eigenvalue weighted by atomic mass is 16.5.